The van der Waals surface area contributed by atoms with Crippen molar-refractivity contribution in [2.45, 2.75) is 26.4 Å². The zero-order valence-electron chi connectivity index (χ0n) is 16.7. The largest absolute Gasteiger partial charge is 0.494 e. The number of nitrogens with one attached hydrogen (secondary N) is 2. The van der Waals surface area contributed by atoms with Crippen molar-refractivity contribution >= 4 is 5.96 Å². The number of aliphatic imine (C=N–C) groups is 1. The average Bonchev–Trinajstić information content (AvgIpc) is 2.66. The molecule has 0 spiro atoms. The molecule has 27 heavy (non-hydrogen) atoms. The predicted molar refractivity (Wildman–Crippen MR) is 113 cm³/mol. The number of rotatable bonds is 10. The van der Waals surface area contributed by atoms with E-state index in [-0.39, 0.29) is 0 Å². The average molecular weight is 369 g/mol. The van der Waals surface area contributed by atoms with Gasteiger partial charge in [-0.15, -0.1) is 0 Å². The molecule has 0 fully saturated rings. The second-order valence-corrected chi connectivity index (χ2v) is 6.69. The van der Waals surface area contributed by atoms with Gasteiger partial charge >= 0.3 is 0 Å². The zero-order valence-corrected chi connectivity index (χ0v) is 16.7. The second kappa shape index (κ2) is 12.0. The van der Waals surface area contributed by atoms with Gasteiger partial charge in [0.1, 0.15) is 5.75 Å². The Hall–Kier alpha value is -2.53. The minimum Gasteiger partial charge on any atom is -0.494 e. The number of benzene rings is 2. The van der Waals surface area contributed by atoms with Crippen LogP contribution >= 0.6 is 0 Å². The molecule has 0 bridgehead atoms. The van der Waals surface area contributed by atoms with Crippen molar-refractivity contribution in [3.8, 4) is 5.75 Å². The first-order valence-electron chi connectivity index (χ1n) is 9.60. The molecule has 5 heteroatoms. The fraction of sp³-hybridized carbons (Fsp3) is 0.409. The Balaban J connectivity index is 1.78. The molecule has 0 aliphatic carbocycles. The molecule has 2 aromatic carbocycles. The summed E-state index contributed by atoms with van der Waals surface area (Å²) >= 11 is 0. The fourth-order valence-corrected chi connectivity index (χ4v) is 2.69. The number of hydrogen-bond acceptors (Lipinski definition) is 3. The van der Waals surface area contributed by atoms with Crippen LogP contribution in [0, 0.1) is 0 Å². The van der Waals surface area contributed by atoms with E-state index in [2.05, 4.69) is 60.8 Å². The maximum atomic E-state index is 5.72. The number of ether oxygens (including phenoxy) is 1. The van der Waals surface area contributed by atoms with Crippen LogP contribution in [0.2, 0.25) is 0 Å². The van der Waals surface area contributed by atoms with E-state index < -0.39 is 0 Å². The number of para-hydroxylation sites is 1. The van der Waals surface area contributed by atoms with Gasteiger partial charge in [-0.05, 0) is 50.7 Å². The van der Waals surface area contributed by atoms with Crippen LogP contribution in [-0.2, 0) is 13.1 Å². The van der Waals surface area contributed by atoms with Crippen molar-refractivity contribution < 1.29 is 4.74 Å². The van der Waals surface area contributed by atoms with Crippen molar-refractivity contribution in [3.63, 3.8) is 0 Å². The molecule has 2 N–H and O–H groups in total. The van der Waals surface area contributed by atoms with Gasteiger partial charge in [-0.3, -0.25) is 0 Å². The van der Waals surface area contributed by atoms with E-state index >= 15 is 0 Å². The van der Waals surface area contributed by atoms with Crippen LogP contribution in [0.25, 0.3) is 0 Å². The van der Waals surface area contributed by atoms with Crippen LogP contribution in [0.5, 0.6) is 5.75 Å². The first kappa shape index (κ1) is 20.8. The molecular formula is C22H32N4O. The molecule has 0 unspecified atom stereocenters. The smallest absolute Gasteiger partial charge is 0.191 e. The van der Waals surface area contributed by atoms with Gasteiger partial charge in [-0.2, -0.15) is 0 Å². The Bertz CT molecular complexity index is 686. The van der Waals surface area contributed by atoms with Crippen molar-refractivity contribution in [1.82, 2.24) is 15.5 Å². The monoisotopic (exact) mass is 368 g/mol. The summed E-state index contributed by atoms with van der Waals surface area (Å²) < 4.78 is 5.72. The first-order valence-corrected chi connectivity index (χ1v) is 9.60. The second-order valence-electron chi connectivity index (χ2n) is 6.69. The summed E-state index contributed by atoms with van der Waals surface area (Å²) in [6.07, 6.45) is 0.914. The van der Waals surface area contributed by atoms with Crippen LogP contribution < -0.4 is 15.4 Å². The quantitative estimate of drug-likeness (QED) is 0.384. The normalized spacial score (nSPS) is 11.5. The van der Waals surface area contributed by atoms with Gasteiger partial charge in [-0.25, -0.2) is 4.99 Å². The van der Waals surface area contributed by atoms with Crippen LogP contribution in [0.4, 0.5) is 0 Å². The Morgan fingerprint density at radius 3 is 2.52 bits per heavy atom. The zero-order chi connectivity index (χ0) is 19.3. The number of nitrogens with zero attached hydrogens (tertiary/aromatic N) is 2. The van der Waals surface area contributed by atoms with Crippen LogP contribution in [-0.4, -0.2) is 44.7 Å². The van der Waals surface area contributed by atoms with Gasteiger partial charge in [0.05, 0.1) is 13.2 Å². The molecule has 0 radical (unpaired) electrons. The van der Waals surface area contributed by atoms with Crippen molar-refractivity contribution in [3.05, 3.63) is 65.7 Å². The summed E-state index contributed by atoms with van der Waals surface area (Å²) in [5, 5.41) is 6.67. The van der Waals surface area contributed by atoms with E-state index in [1.54, 1.807) is 0 Å². The van der Waals surface area contributed by atoms with E-state index in [4.69, 9.17) is 9.73 Å². The molecule has 2 aromatic rings. The lowest BCUT2D eigenvalue weighted by atomic mass is 10.1. The highest BCUT2D eigenvalue weighted by molar-refractivity contribution is 5.79. The molecular weight excluding hydrogens is 336 g/mol. The molecule has 0 amide bonds. The molecule has 0 saturated heterocycles. The molecule has 0 atom stereocenters. The minimum atomic E-state index is 0.664. The first-order chi connectivity index (χ1) is 13.2. The van der Waals surface area contributed by atoms with E-state index in [1.807, 2.05) is 30.3 Å². The molecule has 0 aromatic heterocycles. The minimum absolute atomic E-state index is 0.664. The Labute approximate surface area is 163 Å². The molecule has 0 heterocycles. The Morgan fingerprint density at radius 1 is 1.00 bits per heavy atom. The summed E-state index contributed by atoms with van der Waals surface area (Å²) in [6, 6.07) is 18.5. The van der Waals surface area contributed by atoms with E-state index in [1.165, 1.54) is 11.1 Å². The van der Waals surface area contributed by atoms with Crippen molar-refractivity contribution in [2.75, 3.05) is 33.8 Å². The third kappa shape index (κ3) is 8.60. The van der Waals surface area contributed by atoms with E-state index in [0.29, 0.717) is 13.2 Å². The third-order valence-electron chi connectivity index (χ3n) is 3.88. The maximum Gasteiger partial charge on any atom is 0.191 e. The van der Waals surface area contributed by atoms with E-state index in [9.17, 15) is 0 Å². The van der Waals surface area contributed by atoms with Crippen molar-refractivity contribution in [2.24, 2.45) is 4.99 Å². The van der Waals surface area contributed by atoms with Gasteiger partial charge in [0.25, 0.3) is 0 Å². The van der Waals surface area contributed by atoms with Crippen LogP contribution in [0.15, 0.2) is 59.6 Å². The molecule has 0 saturated carbocycles. The third-order valence-corrected chi connectivity index (χ3v) is 3.88. The summed E-state index contributed by atoms with van der Waals surface area (Å²) in [5.74, 6) is 1.76. The highest BCUT2D eigenvalue weighted by atomic mass is 16.5. The van der Waals surface area contributed by atoms with Gasteiger partial charge < -0.3 is 20.3 Å². The van der Waals surface area contributed by atoms with Gasteiger partial charge in [0.15, 0.2) is 5.96 Å². The summed E-state index contributed by atoms with van der Waals surface area (Å²) in [7, 11) is 4.17. The Kier molecular flexibility index (Phi) is 9.21. The lowest BCUT2D eigenvalue weighted by molar-refractivity contribution is 0.311. The maximum absolute atomic E-state index is 5.72. The van der Waals surface area contributed by atoms with Crippen LogP contribution in [0.1, 0.15) is 24.5 Å². The van der Waals surface area contributed by atoms with Gasteiger partial charge in [0, 0.05) is 19.6 Å². The number of hydrogen-bond donors (Lipinski definition) is 2. The molecule has 0 aliphatic heterocycles. The summed E-state index contributed by atoms with van der Waals surface area (Å²) in [6.45, 7) is 6.02. The Morgan fingerprint density at radius 2 is 1.78 bits per heavy atom. The van der Waals surface area contributed by atoms with Gasteiger partial charge in [0.2, 0.25) is 0 Å². The highest BCUT2D eigenvalue weighted by Gasteiger charge is 2.00. The number of guanidine groups is 1. The predicted octanol–water partition coefficient (Wildman–Crippen LogP) is 3.27. The van der Waals surface area contributed by atoms with Crippen LogP contribution in [0.3, 0.4) is 0 Å². The SMILES string of the molecule is CCNC(=NCc1cccc(CN(C)C)c1)NCCCOc1ccccc1. The topological polar surface area (TPSA) is 48.9 Å². The lowest BCUT2D eigenvalue weighted by Crippen LogP contribution is -2.38. The molecule has 0 aliphatic rings. The van der Waals surface area contributed by atoms with Gasteiger partial charge in [-0.1, -0.05) is 42.5 Å². The summed E-state index contributed by atoms with van der Waals surface area (Å²) in [5.41, 5.74) is 2.53. The summed E-state index contributed by atoms with van der Waals surface area (Å²) in [4.78, 5) is 6.87. The highest BCUT2D eigenvalue weighted by Crippen LogP contribution is 2.09. The molecule has 2 rings (SSSR count). The standard InChI is InChI=1S/C22H32N4O/c1-4-23-22(24-14-9-15-27-21-12-6-5-7-13-21)25-17-19-10-8-11-20(16-19)18-26(2)3/h5-8,10-13,16H,4,9,14-15,17-18H2,1-3H3,(H2,23,24,25). The molecule has 146 valence electrons. The van der Waals surface area contributed by atoms with Crippen molar-refractivity contribution in [1.29, 1.82) is 0 Å². The lowest BCUT2D eigenvalue weighted by Gasteiger charge is -2.13. The van der Waals surface area contributed by atoms with E-state index in [0.717, 1.165) is 37.8 Å². The molecule has 5 nitrogen and oxygen atoms in total. The fourth-order valence-electron chi connectivity index (χ4n) is 2.69.